The Kier molecular flexibility index (Phi) is 6.50. The van der Waals surface area contributed by atoms with Gasteiger partial charge in [-0.3, -0.25) is 5.10 Å². The summed E-state index contributed by atoms with van der Waals surface area (Å²) in [5.74, 6) is 2.91. The molecule has 2 bridgehead atoms. The molecule has 2 saturated heterocycles. The average molecular weight is 427 g/mol. The van der Waals surface area contributed by atoms with Gasteiger partial charge in [-0.15, -0.1) is 0 Å². The minimum Gasteiger partial charge on any atom is -0.351 e. The number of hydrogen-bond acceptors (Lipinski definition) is 7. The Morgan fingerprint density at radius 1 is 1.13 bits per heavy atom. The number of aromatic nitrogens is 4. The molecule has 0 radical (unpaired) electrons. The predicted molar refractivity (Wildman–Crippen MR) is 122 cm³/mol. The van der Waals surface area contributed by atoms with Crippen LogP contribution >= 0.6 is 7.92 Å². The zero-order chi connectivity index (χ0) is 21.1. The second kappa shape index (κ2) is 9.28. The lowest BCUT2D eigenvalue weighted by Gasteiger charge is -2.43. The molecule has 2 atom stereocenters. The highest BCUT2D eigenvalue weighted by Gasteiger charge is 2.35. The largest absolute Gasteiger partial charge is 0.351 e. The minimum absolute atomic E-state index is 0.340. The molecule has 4 heterocycles. The molecule has 0 spiro atoms. The third-order valence-electron chi connectivity index (χ3n) is 5.98. The van der Waals surface area contributed by atoms with E-state index < -0.39 is 0 Å². The molecule has 2 unspecified atom stereocenters. The van der Waals surface area contributed by atoms with Gasteiger partial charge in [0, 0.05) is 42.4 Å². The van der Waals surface area contributed by atoms with E-state index in [4.69, 9.17) is 15.2 Å². The van der Waals surface area contributed by atoms with Crippen LogP contribution in [0.25, 0.3) is 0 Å². The van der Waals surface area contributed by atoms with E-state index in [1.165, 1.54) is 0 Å². The first-order chi connectivity index (χ1) is 14.5. The van der Waals surface area contributed by atoms with Gasteiger partial charge in [0.25, 0.3) is 0 Å². The average Bonchev–Trinajstić information content (AvgIpc) is 3.10. The standard InChI is InChI=1S/C21H31N8P/c1-13-7-19(29-28-13)25-18-12-20(30(2)3)27-21(26-18)24-17-10-15-8-14(5-4-6-22)9-16(11-17)23-15/h7,12,14-17,23H,4-5,8-11H2,1-3H3,(H3,24,25,26,27,28,29). The second-order valence-corrected chi connectivity index (χ2v) is 11.0. The van der Waals surface area contributed by atoms with Crippen molar-refractivity contribution in [2.75, 3.05) is 24.0 Å². The zero-order valence-corrected chi connectivity index (χ0v) is 18.8. The second-order valence-electron chi connectivity index (χ2n) is 8.80. The Morgan fingerprint density at radius 3 is 2.53 bits per heavy atom. The summed E-state index contributed by atoms with van der Waals surface area (Å²) < 4.78 is 0. The van der Waals surface area contributed by atoms with Gasteiger partial charge in [-0.25, -0.2) is 4.98 Å². The van der Waals surface area contributed by atoms with Crippen molar-refractivity contribution < 1.29 is 0 Å². The number of nitriles is 1. The number of aryl methyl sites for hydroxylation is 1. The summed E-state index contributed by atoms with van der Waals surface area (Å²) in [6, 6.07) is 7.69. The highest BCUT2D eigenvalue weighted by atomic mass is 31.1. The lowest BCUT2D eigenvalue weighted by molar-refractivity contribution is 0.171. The first kappa shape index (κ1) is 21.0. The third kappa shape index (κ3) is 5.27. The summed E-state index contributed by atoms with van der Waals surface area (Å²) in [6.07, 6.45) is 6.18. The van der Waals surface area contributed by atoms with E-state index in [1.54, 1.807) is 0 Å². The number of H-pyrrole nitrogens is 1. The Morgan fingerprint density at radius 2 is 1.90 bits per heavy atom. The number of aromatic amines is 1. The number of nitrogens with zero attached hydrogens (tertiary/aromatic N) is 4. The summed E-state index contributed by atoms with van der Waals surface area (Å²) in [4.78, 5) is 9.54. The van der Waals surface area contributed by atoms with Crippen molar-refractivity contribution in [2.24, 2.45) is 5.92 Å². The van der Waals surface area contributed by atoms with Crippen molar-refractivity contribution in [1.82, 2.24) is 25.5 Å². The number of nitrogens with one attached hydrogen (secondary N) is 4. The van der Waals surface area contributed by atoms with Gasteiger partial charge in [-0.2, -0.15) is 15.3 Å². The van der Waals surface area contributed by atoms with Gasteiger partial charge in [0.2, 0.25) is 5.95 Å². The van der Waals surface area contributed by atoms with Crippen LogP contribution in [0.3, 0.4) is 0 Å². The monoisotopic (exact) mass is 426 g/mol. The molecule has 2 aromatic rings. The Labute approximate surface area is 179 Å². The Balaban J connectivity index is 1.44. The van der Waals surface area contributed by atoms with Gasteiger partial charge in [0.15, 0.2) is 5.82 Å². The van der Waals surface area contributed by atoms with Gasteiger partial charge in [-0.1, -0.05) is 7.92 Å². The van der Waals surface area contributed by atoms with E-state index in [2.05, 4.69) is 45.5 Å². The van der Waals surface area contributed by atoms with Crippen LogP contribution in [0, 0.1) is 24.2 Å². The molecule has 0 saturated carbocycles. The van der Waals surface area contributed by atoms with Gasteiger partial charge >= 0.3 is 0 Å². The number of anilines is 3. The SMILES string of the molecule is Cc1cc(Nc2cc(P(C)C)nc(NC3CC4CC(CCC#N)CC(C3)N4)n2)n[nH]1. The van der Waals surface area contributed by atoms with Crippen LogP contribution < -0.4 is 21.4 Å². The number of hydrogen-bond donors (Lipinski definition) is 4. The maximum atomic E-state index is 8.89. The van der Waals surface area contributed by atoms with Crippen molar-refractivity contribution in [3.8, 4) is 6.07 Å². The molecule has 2 aromatic heterocycles. The van der Waals surface area contributed by atoms with Gasteiger partial charge in [-0.05, 0) is 58.3 Å². The van der Waals surface area contributed by atoms with E-state index in [1.807, 2.05) is 19.1 Å². The fraction of sp³-hybridized carbons (Fsp3) is 0.619. The fourth-order valence-corrected chi connectivity index (χ4v) is 5.37. The van der Waals surface area contributed by atoms with Crippen molar-refractivity contribution in [2.45, 2.75) is 63.6 Å². The maximum absolute atomic E-state index is 8.89. The van der Waals surface area contributed by atoms with Crippen molar-refractivity contribution in [3.63, 3.8) is 0 Å². The Hall–Kier alpha value is -2.23. The molecule has 2 aliphatic heterocycles. The lowest BCUT2D eigenvalue weighted by atomic mass is 9.77. The summed E-state index contributed by atoms with van der Waals surface area (Å²) in [7, 11) is -0.340. The van der Waals surface area contributed by atoms with Crippen LogP contribution in [0.4, 0.5) is 17.6 Å². The number of rotatable bonds is 7. The summed E-state index contributed by atoms with van der Waals surface area (Å²) in [5.41, 5.74) is 2.08. The Bertz CT molecular complexity index is 891. The smallest absolute Gasteiger partial charge is 0.225 e. The van der Waals surface area contributed by atoms with E-state index in [9.17, 15) is 0 Å². The fourth-order valence-electron chi connectivity index (χ4n) is 4.69. The molecule has 4 N–H and O–H groups in total. The highest BCUT2D eigenvalue weighted by molar-refractivity contribution is 7.63. The molecule has 0 aliphatic carbocycles. The maximum Gasteiger partial charge on any atom is 0.225 e. The molecule has 8 nitrogen and oxygen atoms in total. The van der Waals surface area contributed by atoms with Crippen LogP contribution in [-0.2, 0) is 0 Å². The van der Waals surface area contributed by atoms with Gasteiger partial charge in [0.1, 0.15) is 5.82 Å². The number of fused-ring (bicyclic) bond motifs is 2. The normalized spacial score (nSPS) is 25.7. The van der Waals surface area contributed by atoms with Crippen LogP contribution in [0.2, 0.25) is 0 Å². The first-order valence-electron chi connectivity index (χ1n) is 10.7. The molecule has 9 heteroatoms. The molecule has 30 heavy (non-hydrogen) atoms. The van der Waals surface area contributed by atoms with E-state index in [-0.39, 0.29) is 7.92 Å². The minimum atomic E-state index is -0.340. The van der Waals surface area contributed by atoms with Crippen molar-refractivity contribution >= 4 is 30.9 Å². The highest BCUT2D eigenvalue weighted by Crippen LogP contribution is 2.33. The van der Waals surface area contributed by atoms with Gasteiger partial charge < -0.3 is 16.0 Å². The molecule has 0 aromatic carbocycles. The van der Waals surface area contributed by atoms with Gasteiger partial charge in [0.05, 0.1) is 11.5 Å². The van der Waals surface area contributed by atoms with Crippen LogP contribution in [-0.4, -0.2) is 51.6 Å². The first-order valence-corrected chi connectivity index (χ1v) is 13.0. The molecule has 160 valence electrons. The van der Waals surface area contributed by atoms with E-state index in [0.29, 0.717) is 36.4 Å². The third-order valence-corrected chi connectivity index (χ3v) is 7.12. The summed E-state index contributed by atoms with van der Waals surface area (Å²) in [5, 5.41) is 26.8. The van der Waals surface area contributed by atoms with E-state index >= 15 is 0 Å². The summed E-state index contributed by atoms with van der Waals surface area (Å²) >= 11 is 0. The van der Waals surface area contributed by atoms with Crippen LogP contribution in [0.1, 0.15) is 44.2 Å². The molecular weight excluding hydrogens is 395 g/mol. The molecule has 4 rings (SSSR count). The van der Waals surface area contributed by atoms with Crippen molar-refractivity contribution in [1.29, 1.82) is 5.26 Å². The molecule has 2 aliphatic rings. The quantitative estimate of drug-likeness (QED) is 0.503. The topological polar surface area (TPSA) is 114 Å². The summed E-state index contributed by atoms with van der Waals surface area (Å²) in [6.45, 7) is 6.40. The van der Waals surface area contributed by atoms with Crippen LogP contribution in [0.5, 0.6) is 0 Å². The molecular formula is C21H31N8P. The molecule has 2 fully saturated rings. The lowest BCUT2D eigenvalue weighted by Crippen LogP contribution is -2.54. The predicted octanol–water partition coefficient (Wildman–Crippen LogP) is 3.23. The number of piperidine rings is 2. The van der Waals surface area contributed by atoms with Crippen molar-refractivity contribution in [3.05, 3.63) is 17.8 Å². The zero-order valence-electron chi connectivity index (χ0n) is 17.9. The molecule has 0 amide bonds. The van der Waals surface area contributed by atoms with E-state index in [0.717, 1.165) is 54.9 Å². The van der Waals surface area contributed by atoms with Crippen LogP contribution in [0.15, 0.2) is 12.1 Å².